The zero-order chi connectivity index (χ0) is 33.2. The average Bonchev–Trinajstić information content (AvgIpc) is 3.67. The SMILES string of the molecule is CCOC(=O)CCC(=O)N1Cc2cc(OC)c(OCCCOc3c(OC)cc4c(c3Cl)CN(C(=O)CCC(=O)OCC)C4)cc2C1. The van der Waals surface area contributed by atoms with Crippen LogP contribution in [-0.2, 0) is 54.8 Å². The number of amides is 2. The summed E-state index contributed by atoms with van der Waals surface area (Å²) in [6, 6.07) is 5.58. The Balaban J connectivity index is 1.29. The molecule has 0 atom stereocenters. The predicted molar refractivity (Wildman–Crippen MR) is 167 cm³/mol. The number of fused-ring (bicyclic) bond motifs is 2. The van der Waals surface area contributed by atoms with E-state index in [4.69, 9.17) is 40.0 Å². The molecule has 0 N–H and O–H groups in total. The van der Waals surface area contributed by atoms with Crippen LogP contribution in [0.15, 0.2) is 18.2 Å². The summed E-state index contributed by atoms with van der Waals surface area (Å²) >= 11 is 6.75. The average molecular weight is 661 g/mol. The van der Waals surface area contributed by atoms with Crippen LogP contribution in [0.1, 0.15) is 68.2 Å². The predicted octanol–water partition coefficient (Wildman–Crippen LogP) is 4.58. The van der Waals surface area contributed by atoms with Crippen molar-refractivity contribution in [2.45, 2.75) is 72.1 Å². The van der Waals surface area contributed by atoms with Crippen molar-refractivity contribution in [2.24, 2.45) is 0 Å². The summed E-state index contributed by atoms with van der Waals surface area (Å²) in [5, 5.41) is 0.387. The first-order valence-corrected chi connectivity index (χ1v) is 15.8. The van der Waals surface area contributed by atoms with Gasteiger partial charge in [-0.2, -0.15) is 0 Å². The maximum Gasteiger partial charge on any atom is 0.306 e. The first-order chi connectivity index (χ1) is 22.2. The van der Waals surface area contributed by atoms with Crippen LogP contribution in [0, 0.1) is 0 Å². The molecule has 2 aliphatic rings. The van der Waals surface area contributed by atoms with Gasteiger partial charge < -0.3 is 38.2 Å². The lowest BCUT2D eigenvalue weighted by Gasteiger charge is -2.16. The van der Waals surface area contributed by atoms with Crippen LogP contribution < -0.4 is 18.9 Å². The quantitative estimate of drug-likeness (QED) is 0.186. The summed E-state index contributed by atoms with van der Waals surface area (Å²) in [5.41, 5.74) is 3.58. The number of halogens is 1. The Morgan fingerprint density at radius 3 is 1.74 bits per heavy atom. The number of carbonyl (C=O) groups is 4. The maximum absolute atomic E-state index is 12.7. The van der Waals surface area contributed by atoms with E-state index < -0.39 is 5.97 Å². The molecule has 12 nitrogen and oxygen atoms in total. The molecule has 0 aromatic heterocycles. The van der Waals surface area contributed by atoms with Crippen LogP contribution in [0.4, 0.5) is 0 Å². The number of methoxy groups -OCH3 is 2. The Kier molecular flexibility index (Phi) is 12.4. The van der Waals surface area contributed by atoms with Crippen LogP contribution in [0.25, 0.3) is 0 Å². The molecule has 0 radical (unpaired) electrons. The summed E-state index contributed by atoms with van der Waals surface area (Å²) in [6.45, 7) is 6.16. The summed E-state index contributed by atoms with van der Waals surface area (Å²) in [6.07, 6.45) is 0.764. The van der Waals surface area contributed by atoms with E-state index in [2.05, 4.69) is 0 Å². The number of rotatable bonds is 16. The van der Waals surface area contributed by atoms with Gasteiger partial charge in [0.25, 0.3) is 0 Å². The first kappa shape index (κ1) is 34.7. The van der Waals surface area contributed by atoms with Crippen LogP contribution in [0.3, 0.4) is 0 Å². The number of esters is 2. The van der Waals surface area contributed by atoms with Crippen molar-refractivity contribution in [3.05, 3.63) is 45.5 Å². The van der Waals surface area contributed by atoms with E-state index in [1.807, 2.05) is 18.2 Å². The molecule has 2 amide bonds. The molecule has 46 heavy (non-hydrogen) atoms. The van der Waals surface area contributed by atoms with Crippen molar-refractivity contribution in [1.29, 1.82) is 0 Å². The highest BCUT2D eigenvalue weighted by molar-refractivity contribution is 6.33. The monoisotopic (exact) mass is 660 g/mol. The summed E-state index contributed by atoms with van der Waals surface area (Å²) in [5.74, 6) is 0.926. The fraction of sp³-hybridized carbons (Fsp3) is 0.515. The van der Waals surface area contributed by atoms with E-state index in [-0.39, 0.29) is 63.3 Å². The topological polar surface area (TPSA) is 130 Å². The third-order valence-electron chi connectivity index (χ3n) is 7.71. The Labute approximate surface area is 273 Å². The molecule has 0 spiro atoms. The Morgan fingerprint density at radius 1 is 0.674 bits per heavy atom. The highest BCUT2D eigenvalue weighted by atomic mass is 35.5. The molecule has 0 fully saturated rings. The zero-order valence-corrected chi connectivity index (χ0v) is 27.5. The van der Waals surface area contributed by atoms with Gasteiger partial charge in [0.1, 0.15) is 0 Å². The van der Waals surface area contributed by atoms with E-state index >= 15 is 0 Å². The standard InChI is InChI=1S/C33H41ClN2O10/c1-5-43-30(39)10-8-28(37)35-17-21-14-25(41-3)26(15-22(21)18-35)45-12-7-13-46-33-27(42-4)16-23-19-36(20-24(23)32(33)34)29(38)9-11-31(40)44-6-2/h14-16H,5-13,17-20H2,1-4H3. The van der Waals surface area contributed by atoms with Gasteiger partial charge in [0.2, 0.25) is 11.8 Å². The number of hydrogen-bond acceptors (Lipinski definition) is 10. The second kappa shape index (κ2) is 16.4. The molecule has 0 unspecified atom stereocenters. The summed E-state index contributed by atoms with van der Waals surface area (Å²) in [4.78, 5) is 52.0. The van der Waals surface area contributed by atoms with Gasteiger partial charge in [0.15, 0.2) is 23.0 Å². The molecule has 2 aromatic rings. The lowest BCUT2D eigenvalue weighted by Crippen LogP contribution is -2.25. The summed E-state index contributed by atoms with van der Waals surface area (Å²) in [7, 11) is 3.09. The lowest BCUT2D eigenvalue weighted by molar-refractivity contribution is -0.146. The van der Waals surface area contributed by atoms with E-state index in [1.165, 1.54) is 7.11 Å². The van der Waals surface area contributed by atoms with Crippen molar-refractivity contribution in [3.63, 3.8) is 0 Å². The van der Waals surface area contributed by atoms with Crippen LogP contribution in [0.5, 0.6) is 23.0 Å². The van der Waals surface area contributed by atoms with Gasteiger partial charge in [-0.25, -0.2) is 0 Å². The molecule has 2 aliphatic heterocycles. The van der Waals surface area contributed by atoms with E-state index in [1.54, 1.807) is 30.8 Å². The first-order valence-electron chi connectivity index (χ1n) is 15.4. The van der Waals surface area contributed by atoms with E-state index in [0.717, 1.165) is 22.3 Å². The number of benzene rings is 2. The second-order valence-corrected chi connectivity index (χ2v) is 11.2. The molecule has 0 bridgehead atoms. The Bertz CT molecular complexity index is 1450. The van der Waals surface area contributed by atoms with Gasteiger partial charge in [-0.3, -0.25) is 19.2 Å². The fourth-order valence-corrected chi connectivity index (χ4v) is 5.72. The highest BCUT2D eigenvalue weighted by Gasteiger charge is 2.30. The maximum atomic E-state index is 12.7. The van der Waals surface area contributed by atoms with E-state index in [9.17, 15) is 19.2 Å². The smallest absolute Gasteiger partial charge is 0.306 e. The Hall–Kier alpha value is -4.19. The molecular weight excluding hydrogens is 620 g/mol. The van der Waals surface area contributed by atoms with Crippen LogP contribution >= 0.6 is 11.6 Å². The molecule has 250 valence electrons. The second-order valence-electron chi connectivity index (χ2n) is 10.8. The number of ether oxygens (including phenoxy) is 6. The van der Waals surface area contributed by atoms with Gasteiger partial charge in [0.05, 0.1) is 58.5 Å². The summed E-state index contributed by atoms with van der Waals surface area (Å²) < 4.78 is 33.0. The highest BCUT2D eigenvalue weighted by Crippen LogP contribution is 2.43. The molecule has 2 heterocycles. The minimum absolute atomic E-state index is 0.0288. The molecule has 2 aromatic carbocycles. The van der Waals surface area contributed by atoms with Crippen molar-refractivity contribution in [3.8, 4) is 23.0 Å². The fourth-order valence-electron chi connectivity index (χ4n) is 5.39. The van der Waals surface area contributed by atoms with Crippen molar-refractivity contribution < 1.29 is 47.6 Å². The van der Waals surface area contributed by atoms with Crippen LogP contribution in [0.2, 0.25) is 5.02 Å². The molecule has 0 saturated carbocycles. The van der Waals surface area contributed by atoms with Crippen molar-refractivity contribution in [2.75, 3.05) is 40.6 Å². The lowest BCUT2D eigenvalue weighted by atomic mass is 10.1. The molecule has 13 heteroatoms. The largest absolute Gasteiger partial charge is 0.493 e. The third-order valence-corrected chi connectivity index (χ3v) is 8.11. The normalized spacial score (nSPS) is 13.2. The number of nitrogens with zero attached hydrogens (tertiary/aromatic N) is 2. The number of carbonyl (C=O) groups excluding carboxylic acids is 4. The molecule has 0 aliphatic carbocycles. The number of hydrogen-bond donors (Lipinski definition) is 0. The van der Waals surface area contributed by atoms with Crippen LogP contribution in [-0.4, -0.2) is 74.2 Å². The minimum atomic E-state index is -0.399. The van der Waals surface area contributed by atoms with Crippen molar-refractivity contribution in [1.82, 2.24) is 9.80 Å². The van der Waals surface area contributed by atoms with Gasteiger partial charge in [-0.15, -0.1) is 0 Å². The Morgan fingerprint density at radius 2 is 1.17 bits per heavy atom. The zero-order valence-electron chi connectivity index (χ0n) is 26.8. The molecular formula is C33H41ClN2O10. The van der Waals surface area contributed by atoms with Gasteiger partial charge in [-0.1, -0.05) is 11.6 Å². The van der Waals surface area contributed by atoms with E-state index in [0.29, 0.717) is 67.2 Å². The van der Waals surface area contributed by atoms with Crippen molar-refractivity contribution >= 4 is 35.4 Å². The molecule has 4 rings (SSSR count). The minimum Gasteiger partial charge on any atom is -0.493 e. The van der Waals surface area contributed by atoms with Gasteiger partial charge in [-0.05, 0) is 54.3 Å². The molecule has 0 saturated heterocycles. The third kappa shape index (κ3) is 8.54. The van der Waals surface area contributed by atoms with Gasteiger partial charge >= 0.3 is 11.9 Å². The van der Waals surface area contributed by atoms with Gasteiger partial charge in [0, 0.05) is 45.4 Å².